The molecule has 2 atom stereocenters. The minimum Gasteiger partial charge on any atom is -0.496 e. The molecule has 1 aliphatic rings. The minimum atomic E-state index is -0.232. The molecule has 1 aliphatic heterocycles. The van der Waals surface area contributed by atoms with Crippen LogP contribution in [0, 0.1) is 0 Å². The topological polar surface area (TPSA) is 94.6 Å². The average Bonchev–Trinajstić information content (AvgIpc) is 3.29. The van der Waals surface area contributed by atoms with Gasteiger partial charge in [-0.1, -0.05) is 32.0 Å². The zero-order valence-corrected chi connectivity index (χ0v) is 21.0. The third-order valence-electron chi connectivity index (χ3n) is 6.04. The van der Waals surface area contributed by atoms with Gasteiger partial charge < -0.3 is 24.8 Å². The molecule has 0 radical (unpaired) electrons. The van der Waals surface area contributed by atoms with Gasteiger partial charge in [-0.25, -0.2) is 4.98 Å². The zero-order chi connectivity index (χ0) is 25.1. The second kappa shape index (κ2) is 10.5. The number of halogens is 1. The Balaban J connectivity index is 1.68. The van der Waals surface area contributed by atoms with Crippen molar-refractivity contribution in [1.82, 2.24) is 15.3 Å². The van der Waals surface area contributed by atoms with Gasteiger partial charge in [0.1, 0.15) is 17.3 Å². The molecular weight excluding hydrogens is 468 g/mol. The van der Waals surface area contributed by atoms with E-state index >= 15 is 0 Å². The van der Waals surface area contributed by atoms with Crippen LogP contribution in [0.25, 0.3) is 22.0 Å². The molecule has 35 heavy (non-hydrogen) atoms. The van der Waals surface area contributed by atoms with E-state index in [1.165, 1.54) is 6.08 Å². The second-order valence-corrected chi connectivity index (χ2v) is 9.01. The van der Waals surface area contributed by atoms with Crippen LogP contribution in [-0.2, 0) is 9.53 Å². The van der Waals surface area contributed by atoms with Crippen LogP contribution >= 0.6 is 11.6 Å². The molecule has 1 saturated heterocycles. The Morgan fingerprint density at radius 1 is 1.11 bits per heavy atom. The smallest absolute Gasteiger partial charge is 0.243 e. The molecule has 1 aromatic carbocycles. The van der Waals surface area contributed by atoms with E-state index in [0.717, 1.165) is 21.9 Å². The number of ether oxygens (including phenoxy) is 3. The number of carbonyl (C=O) groups is 1. The van der Waals surface area contributed by atoms with Crippen molar-refractivity contribution in [1.29, 1.82) is 0 Å². The van der Waals surface area contributed by atoms with E-state index < -0.39 is 0 Å². The molecule has 2 aromatic heterocycles. The molecule has 0 saturated carbocycles. The second-order valence-electron chi connectivity index (χ2n) is 8.63. The van der Waals surface area contributed by atoms with E-state index in [0.29, 0.717) is 41.2 Å². The molecule has 2 unspecified atom stereocenters. The lowest BCUT2D eigenvalue weighted by Gasteiger charge is -2.21. The Morgan fingerprint density at radius 3 is 2.49 bits per heavy atom. The van der Waals surface area contributed by atoms with Gasteiger partial charge in [-0.2, -0.15) is 0 Å². The summed E-state index contributed by atoms with van der Waals surface area (Å²) >= 11 is 6.76. The lowest BCUT2D eigenvalue weighted by molar-refractivity contribution is -0.117. The number of anilines is 1. The first kappa shape index (κ1) is 24.8. The van der Waals surface area contributed by atoms with Crippen LogP contribution in [0.1, 0.15) is 25.3 Å². The molecule has 2 N–H and O–H groups in total. The first-order valence-corrected chi connectivity index (χ1v) is 11.7. The summed E-state index contributed by atoms with van der Waals surface area (Å²) in [7, 11) is 3.21. The lowest BCUT2D eigenvalue weighted by atomic mass is 9.93. The van der Waals surface area contributed by atoms with E-state index in [2.05, 4.69) is 36.0 Å². The van der Waals surface area contributed by atoms with Gasteiger partial charge in [-0.05, 0) is 24.1 Å². The van der Waals surface area contributed by atoms with E-state index in [9.17, 15) is 4.79 Å². The fourth-order valence-electron chi connectivity index (χ4n) is 4.29. The fourth-order valence-corrected chi connectivity index (χ4v) is 4.62. The average molecular weight is 497 g/mol. The Labute approximate surface area is 209 Å². The van der Waals surface area contributed by atoms with E-state index in [-0.39, 0.29) is 23.9 Å². The number of carbonyl (C=O) groups excluding carboxylic acids is 1. The SMILES string of the molecule is C=CC(=O)NC1COCC1Nc1cc2cnc(-c3c(Cl)c(OC)cc(OC)c3C(C)C)cc2cn1. The number of hydrogen-bond acceptors (Lipinski definition) is 7. The van der Waals surface area contributed by atoms with Crippen LogP contribution in [0.3, 0.4) is 0 Å². The number of amides is 1. The Bertz CT molecular complexity index is 1260. The summed E-state index contributed by atoms with van der Waals surface area (Å²) in [4.78, 5) is 21.0. The van der Waals surface area contributed by atoms with Crippen molar-refractivity contribution in [2.24, 2.45) is 0 Å². The highest BCUT2D eigenvalue weighted by molar-refractivity contribution is 6.35. The summed E-state index contributed by atoms with van der Waals surface area (Å²) in [5, 5.41) is 8.55. The fraction of sp³-hybridized carbons (Fsp3) is 0.346. The summed E-state index contributed by atoms with van der Waals surface area (Å²) in [6.45, 7) is 8.57. The van der Waals surface area contributed by atoms with Crippen molar-refractivity contribution >= 4 is 34.1 Å². The normalized spacial score (nSPS) is 17.4. The standard InChI is InChI=1S/C26H29ClN4O4/c1-6-23(32)31-19-13-35-12-18(19)30-22-8-16-10-28-17(7-15(16)11-29-22)25-24(14(2)3)20(33-4)9-21(34-5)26(25)27/h6-11,14,18-19H,1,12-13H2,2-5H3,(H,29,30)(H,31,32). The number of nitrogens with one attached hydrogen (secondary N) is 2. The van der Waals surface area contributed by atoms with Crippen molar-refractivity contribution in [2.45, 2.75) is 31.8 Å². The van der Waals surface area contributed by atoms with Crippen LogP contribution < -0.4 is 20.1 Å². The molecular formula is C26H29ClN4O4. The van der Waals surface area contributed by atoms with Crippen molar-refractivity contribution in [3.8, 4) is 22.8 Å². The minimum absolute atomic E-state index is 0.104. The Kier molecular flexibility index (Phi) is 7.42. The van der Waals surface area contributed by atoms with Crippen molar-refractivity contribution in [2.75, 3.05) is 32.8 Å². The van der Waals surface area contributed by atoms with Crippen molar-refractivity contribution in [3.05, 3.63) is 53.8 Å². The summed E-state index contributed by atoms with van der Waals surface area (Å²) in [6, 6.07) is 5.42. The highest BCUT2D eigenvalue weighted by Crippen LogP contribution is 2.46. The summed E-state index contributed by atoms with van der Waals surface area (Å²) in [5.41, 5.74) is 2.46. The third kappa shape index (κ3) is 5.04. The van der Waals surface area contributed by atoms with E-state index in [1.807, 2.05) is 12.1 Å². The number of benzene rings is 1. The maximum Gasteiger partial charge on any atom is 0.243 e. The number of nitrogens with zero attached hydrogens (tertiary/aromatic N) is 2. The quantitative estimate of drug-likeness (QED) is 0.441. The molecule has 1 amide bonds. The molecule has 9 heteroatoms. The van der Waals surface area contributed by atoms with Gasteiger partial charge in [0.15, 0.2) is 0 Å². The molecule has 0 bridgehead atoms. The van der Waals surface area contributed by atoms with Gasteiger partial charge in [0.05, 0.1) is 50.2 Å². The van der Waals surface area contributed by atoms with Crippen LogP contribution in [0.4, 0.5) is 5.82 Å². The highest BCUT2D eigenvalue weighted by atomic mass is 35.5. The molecule has 0 spiro atoms. The number of fused-ring (bicyclic) bond motifs is 1. The molecule has 0 aliphatic carbocycles. The molecule has 1 fully saturated rings. The number of hydrogen-bond donors (Lipinski definition) is 2. The van der Waals surface area contributed by atoms with Gasteiger partial charge in [0.2, 0.25) is 5.91 Å². The van der Waals surface area contributed by atoms with E-state index in [1.54, 1.807) is 32.7 Å². The molecule has 3 aromatic rings. The Morgan fingerprint density at radius 2 is 1.80 bits per heavy atom. The number of methoxy groups -OCH3 is 2. The van der Waals surface area contributed by atoms with E-state index in [4.69, 9.17) is 30.8 Å². The zero-order valence-electron chi connectivity index (χ0n) is 20.2. The molecule has 4 rings (SSSR count). The molecule has 8 nitrogen and oxygen atoms in total. The predicted molar refractivity (Wildman–Crippen MR) is 138 cm³/mol. The van der Waals surface area contributed by atoms with Crippen LogP contribution in [0.15, 0.2) is 43.2 Å². The van der Waals surface area contributed by atoms with Crippen LogP contribution in [-0.4, -0.2) is 55.4 Å². The number of pyridine rings is 2. The number of rotatable bonds is 8. The maximum absolute atomic E-state index is 11.7. The number of aromatic nitrogens is 2. The van der Waals surface area contributed by atoms with Gasteiger partial charge >= 0.3 is 0 Å². The predicted octanol–water partition coefficient (Wildman–Crippen LogP) is 4.57. The lowest BCUT2D eigenvalue weighted by Crippen LogP contribution is -2.45. The largest absolute Gasteiger partial charge is 0.496 e. The molecule has 184 valence electrons. The monoisotopic (exact) mass is 496 g/mol. The van der Waals surface area contributed by atoms with Crippen LogP contribution in [0.2, 0.25) is 5.02 Å². The Hall–Kier alpha value is -3.36. The summed E-state index contributed by atoms with van der Waals surface area (Å²) in [5.74, 6) is 1.81. The van der Waals surface area contributed by atoms with Crippen molar-refractivity contribution < 1.29 is 19.0 Å². The van der Waals surface area contributed by atoms with Crippen LogP contribution in [0.5, 0.6) is 11.5 Å². The first-order valence-electron chi connectivity index (χ1n) is 11.3. The molecule has 3 heterocycles. The van der Waals surface area contributed by atoms with Gasteiger partial charge in [-0.3, -0.25) is 9.78 Å². The summed E-state index contributed by atoms with van der Waals surface area (Å²) in [6.07, 6.45) is 4.84. The van der Waals surface area contributed by atoms with Gasteiger partial charge in [0, 0.05) is 40.4 Å². The van der Waals surface area contributed by atoms with Gasteiger partial charge in [0.25, 0.3) is 0 Å². The summed E-state index contributed by atoms with van der Waals surface area (Å²) < 4.78 is 16.7. The highest BCUT2D eigenvalue weighted by Gasteiger charge is 2.29. The third-order valence-corrected chi connectivity index (χ3v) is 6.41. The maximum atomic E-state index is 11.7. The first-order chi connectivity index (χ1) is 16.9. The van der Waals surface area contributed by atoms with Crippen molar-refractivity contribution in [3.63, 3.8) is 0 Å². The van der Waals surface area contributed by atoms with Gasteiger partial charge in [-0.15, -0.1) is 0 Å².